The highest BCUT2D eigenvalue weighted by Crippen LogP contribution is 2.22. The summed E-state index contributed by atoms with van der Waals surface area (Å²) in [6.07, 6.45) is 0.714. The molecule has 0 fully saturated rings. The zero-order valence-corrected chi connectivity index (χ0v) is 10.5. The molecule has 0 aliphatic rings. The largest absolute Gasteiger partial charge is 0.480 e. The molecule has 16 heavy (non-hydrogen) atoms. The second kappa shape index (κ2) is 4.23. The quantitative estimate of drug-likeness (QED) is 0.852. The Morgan fingerprint density at radius 3 is 2.44 bits per heavy atom. The topological polar surface area (TPSA) is 68.0 Å². The van der Waals surface area contributed by atoms with Gasteiger partial charge in [-0.3, -0.25) is 0 Å². The number of carboxylic acids is 1. The number of rotatable bonds is 3. The van der Waals surface area contributed by atoms with Crippen LogP contribution < -0.4 is 0 Å². The van der Waals surface area contributed by atoms with E-state index in [4.69, 9.17) is 5.11 Å². The lowest BCUT2D eigenvalue weighted by Gasteiger charge is -2.19. The first kappa shape index (κ1) is 12.7. The fourth-order valence-corrected chi connectivity index (χ4v) is 1.62. The zero-order valence-electron chi connectivity index (χ0n) is 10.5. The molecule has 0 aliphatic heterocycles. The van der Waals surface area contributed by atoms with Crippen LogP contribution in [0.3, 0.4) is 0 Å². The van der Waals surface area contributed by atoms with Gasteiger partial charge in [-0.25, -0.2) is 4.79 Å². The number of carbonyl (C=O) groups is 1. The van der Waals surface area contributed by atoms with Gasteiger partial charge in [0.15, 0.2) is 0 Å². The van der Waals surface area contributed by atoms with Gasteiger partial charge in [-0.2, -0.15) is 0 Å². The van der Waals surface area contributed by atoms with Crippen molar-refractivity contribution in [1.82, 2.24) is 14.8 Å². The Morgan fingerprint density at radius 1 is 1.44 bits per heavy atom. The molecule has 1 heterocycles. The number of hydrogen-bond donors (Lipinski definition) is 1. The molecule has 1 aromatic rings. The van der Waals surface area contributed by atoms with E-state index in [1.54, 1.807) is 18.4 Å². The van der Waals surface area contributed by atoms with Gasteiger partial charge in [0.2, 0.25) is 0 Å². The van der Waals surface area contributed by atoms with E-state index < -0.39 is 12.0 Å². The molecule has 0 spiro atoms. The highest BCUT2D eigenvalue weighted by Gasteiger charge is 2.23. The van der Waals surface area contributed by atoms with Crippen LogP contribution in [0.25, 0.3) is 0 Å². The molecule has 1 aromatic heterocycles. The van der Waals surface area contributed by atoms with Crippen LogP contribution in [0.15, 0.2) is 0 Å². The molecule has 90 valence electrons. The van der Waals surface area contributed by atoms with Crippen LogP contribution in [0.4, 0.5) is 0 Å². The lowest BCUT2D eigenvalue weighted by Crippen LogP contribution is -2.22. The lowest BCUT2D eigenvalue weighted by atomic mass is 9.92. The van der Waals surface area contributed by atoms with Gasteiger partial charge in [-0.05, 0) is 19.3 Å². The molecule has 1 N–H and O–H groups in total. The van der Waals surface area contributed by atoms with Crippen LogP contribution in [0.2, 0.25) is 0 Å². The van der Waals surface area contributed by atoms with Crippen molar-refractivity contribution in [2.45, 2.75) is 47.1 Å². The van der Waals surface area contributed by atoms with Crippen molar-refractivity contribution >= 4 is 5.97 Å². The van der Waals surface area contributed by atoms with Crippen molar-refractivity contribution in [1.29, 1.82) is 0 Å². The fraction of sp³-hybridized carbons (Fsp3) is 0.727. The molecular weight excluding hydrogens is 206 g/mol. The summed E-state index contributed by atoms with van der Waals surface area (Å²) in [7, 11) is 0. The number of nitrogens with zero attached hydrogens (tertiary/aromatic N) is 3. The first-order chi connectivity index (χ1) is 7.22. The number of aromatic nitrogens is 3. The molecular formula is C11H19N3O2. The van der Waals surface area contributed by atoms with Crippen molar-refractivity contribution in [2.75, 3.05) is 0 Å². The average Bonchev–Trinajstić information content (AvgIpc) is 2.43. The summed E-state index contributed by atoms with van der Waals surface area (Å²) >= 11 is 0. The second-order valence-corrected chi connectivity index (χ2v) is 5.29. The predicted molar refractivity (Wildman–Crippen MR) is 60.3 cm³/mol. The maximum absolute atomic E-state index is 11.0. The highest BCUT2D eigenvalue weighted by molar-refractivity contribution is 5.71. The molecule has 0 bridgehead atoms. The molecule has 1 rings (SSSR count). The third kappa shape index (κ3) is 2.81. The van der Waals surface area contributed by atoms with Gasteiger partial charge >= 0.3 is 5.97 Å². The number of carboxylic acid groups (broad SMARTS) is 1. The molecule has 0 radical (unpaired) electrons. The number of hydrogen-bond acceptors (Lipinski definition) is 3. The molecule has 0 aromatic carbocycles. The Bertz CT molecular complexity index is 390. The SMILES string of the molecule is Cc1nnc(CC(C)(C)C)n1C(C)C(=O)O. The van der Waals surface area contributed by atoms with E-state index in [1.165, 1.54) is 0 Å². The van der Waals surface area contributed by atoms with Crippen molar-refractivity contribution in [2.24, 2.45) is 5.41 Å². The van der Waals surface area contributed by atoms with Crippen LogP contribution in [0, 0.1) is 12.3 Å². The van der Waals surface area contributed by atoms with Crippen molar-refractivity contribution in [3.8, 4) is 0 Å². The van der Waals surface area contributed by atoms with Gasteiger partial charge in [-0.1, -0.05) is 20.8 Å². The van der Waals surface area contributed by atoms with Crippen molar-refractivity contribution < 1.29 is 9.90 Å². The first-order valence-corrected chi connectivity index (χ1v) is 5.35. The Hall–Kier alpha value is -1.39. The molecule has 5 heteroatoms. The molecule has 5 nitrogen and oxygen atoms in total. The van der Waals surface area contributed by atoms with Crippen LogP contribution in [-0.2, 0) is 11.2 Å². The summed E-state index contributed by atoms with van der Waals surface area (Å²) in [6.45, 7) is 9.69. The van der Waals surface area contributed by atoms with Crippen LogP contribution >= 0.6 is 0 Å². The van der Waals surface area contributed by atoms with Gasteiger partial charge in [-0.15, -0.1) is 10.2 Å². The first-order valence-electron chi connectivity index (χ1n) is 5.35. The summed E-state index contributed by atoms with van der Waals surface area (Å²) in [5.74, 6) is 0.520. The molecule has 0 saturated carbocycles. The Labute approximate surface area is 95.5 Å². The summed E-state index contributed by atoms with van der Waals surface area (Å²) in [5, 5.41) is 17.0. The molecule has 0 aliphatic carbocycles. The monoisotopic (exact) mass is 225 g/mol. The van der Waals surface area contributed by atoms with E-state index in [0.717, 1.165) is 5.82 Å². The minimum Gasteiger partial charge on any atom is -0.480 e. The van der Waals surface area contributed by atoms with Crippen LogP contribution in [0.5, 0.6) is 0 Å². The molecule has 0 saturated heterocycles. The minimum absolute atomic E-state index is 0.0649. The average molecular weight is 225 g/mol. The third-order valence-electron chi connectivity index (χ3n) is 2.37. The van der Waals surface area contributed by atoms with Crippen LogP contribution in [-0.4, -0.2) is 25.8 Å². The van der Waals surface area contributed by atoms with Gasteiger partial charge in [0.1, 0.15) is 17.7 Å². The maximum atomic E-state index is 11.0. The summed E-state index contributed by atoms with van der Waals surface area (Å²) in [4.78, 5) is 11.0. The standard InChI is InChI=1S/C11H19N3O2/c1-7(10(15)16)14-8(2)12-13-9(14)6-11(3,4)5/h7H,6H2,1-5H3,(H,15,16). The Balaban J connectivity index is 3.08. The number of aliphatic carboxylic acids is 1. The van der Waals surface area contributed by atoms with E-state index in [9.17, 15) is 4.79 Å². The van der Waals surface area contributed by atoms with Crippen LogP contribution in [0.1, 0.15) is 45.4 Å². The highest BCUT2D eigenvalue weighted by atomic mass is 16.4. The Morgan fingerprint density at radius 2 is 2.00 bits per heavy atom. The predicted octanol–water partition coefficient (Wildman–Crippen LogP) is 1.82. The van der Waals surface area contributed by atoms with E-state index in [2.05, 4.69) is 31.0 Å². The summed E-state index contributed by atoms with van der Waals surface area (Å²) in [5.41, 5.74) is 0.0649. The smallest absolute Gasteiger partial charge is 0.326 e. The second-order valence-electron chi connectivity index (χ2n) is 5.29. The van der Waals surface area contributed by atoms with E-state index >= 15 is 0 Å². The van der Waals surface area contributed by atoms with Gasteiger partial charge in [0, 0.05) is 6.42 Å². The maximum Gasteiger partial charge on any atom is 0.326 e. The van der Waals surface area contributed by atoms with Crippen molar-refractivity contribution in [3.05, 3.63) is 11.6 Å². The number of aryl methyl sites for hydroxylation is 1. The Kier molecular flexibility index (Phi) is 3.35. The summed E-state index contributed by atoms with van der Waals surface area (Å²) in [6, 6.07) is -0.618. The fourth-order valence-electron chi connectivity index (χ4n) is 1.62. The molecule has 0 amide bonds. The van der Waals surface area contributed by atoms with Gasteiger partial charge < -0.3 is 9.67 Å². The summed E-state index contributed by atoms with van der Waals surface area (Å²) < 4.78 is 1.69. The molecule has 1 atom stereocenters. The molecule has 1 unspecified atom stereocenters. The van der Waals surface area contributed by atoms with Gasteiger partial charge in [0.25, 0.3) is 0 Å². The van der Waals surface area contributed by atoms with E-state index in [1.807, 2.05) is 0 Å². The zero-order chi connectivity index (χ0) is 12.5. The normalized spacial score (nSPS) is 13.8. The van der Waals surface area contributed by atoms with Crippen molar-refractivity contribution in [3.63, 3.8) is 0 Å². The van der Waals surface area contributed by atoms with E-state index in [0.29, 0.717) is 12.2 Å². The lowest BCUT2D eigenvalue weighted by molar-refractivity contribution is -0.140. The minimum atomic E-state index is -0.863. The van der Waals surface area contributed by atoms with E-state index in [-0.39, 0.29) is 5.41 Å². The van der Waals surface area contributed by atoms with Gasteiger partial charge in [0.05, 0.1) is 0 Å². The third-order valence-corrected chi connectivity index (χ3v) is 2.37.